The molecule has 1 unspecified atom stereocenters. The normalized spacial score (nSPS) is 13.2. The van der Waals surface area contributed by atoms with Crippen molar-refractivity contribution in [2.24, 2.45) is 5.73 Å². The first-order valence-electron chi connectivity index (χ1n) is 8.42. The number of esters is 1. The van der Waals surface area contributed by atoms with Crippen LogP contribution in [0.3, 0.4) is 0 Å². The molecule has 2 rings (SSSR count). The molecule has 152 valence electrons. The maximum atomic E-state index is 13.0. The van der Waals surface area contributed by atoms with Crippen LogP contribution in [0.1, 0.15) is 42.4 Å². The number of carbonyl (C=O) groups is 2. The van der Waals surface area contributed by atoms with E-state index in [4.69, 9.17) is 15.6 Å². The van der Waals surface area contributed by atoms with E-state index in [2.05, 4.69) is 4.98 Å². The Morgan fingerprint density at radius 2 is 1.96 bits per heavy atom. The monoisotopic (exact) mass is 409 g/mol. The number of ether oxygens (including phenoxy) is 1. The van der Waals surface area contributed by atoms with Crippen LogP contribution in [0.25, 0.3) is 0 Å². The number of rotatable bonds is 6. The minimum atomic E-state index is -4.12. The molecule has 1 aromatic heterocycles. The molecular formula is C18H23N3O6S. The molecule has 0 fully saturated rings. The molecule has 0 amide bonds. The summed E-state index contributed by atoms with van der Waals surface area (Å²) in [7, 11) is -4.12. The van der Waals surface area contributed by atoms with Crippen molar-refractivity contribution < 1.29 is 27.9 Å². The van der Waals surface area contributed by atoms with Crippen molar-refractivity contribution in [1.82, 2.24) is 8.96 Å². The zero-order valence-electron chi connectivity index (χ0n) is 16.0. The van der Waals surface area contributed by atoms with Gasteiger partial charge in [0.2, 0.25) is 0 Å². The first-order chi connectivity index (χ1) is 12.8. The van der Waals surface area contributed by atoms with Gasteiger partial charge in [-0.3, -0.25) is 4.79 Å². The fraction of sp³-hybridized carbons (Fsp3) is 0.389. The van der Waals surface area contributed by atoms with Gasteiger partial charge in [-0.05, 0) is 45.4 Å². The molecular weight excluding hydrogens is 386 g/mol. The van der Waals surface area contributed by atoms with Crippen LogP contribution in [0.15, 0.2) is 35.6 Å². The first-order valence-corrected chi connectivity index (χ1v) is 9.86. The minimum absolute atomic E-state index is 0.120. The van der Waals surface area contributed by atoms with Gasteiger partial charge in [-0.2, -0.15) is 0 Å². The van der Waals surface area contributed by atoms with Gasteiger partial charge in [0.25, 0.3) is 10.0 Å². The lowest BCUT2D eigenvalue weighted by Gasteiger charge is -2.20. The number of aryl methyl sites for hydroxylation is 1. The zero-order chi connectivity index (χ0) is 21.3. The Balaban J connectivity index is 2.46. The number of aromatic nitrogens is 2. The number of carboxylic acid groups (broad SMARTS) is 1. The summed E-state index contributed by atoms with van der Waals surface area (Å²) in [5, 5.41) is 8.96. The van der Waals surface area contributed by atoms with Gasteiger partial charge in [-0.15, -0.1) is 0 Å². The van der Waals surface area contributed by atoms with E-state index in [1.165, 1.54) is 24.4 Å². The van der Waals surface area contributed by atoms with E-state index in [-0.39, 0.29) is 22.6 Å². The van der Waals surface area contributed by atoms with Gasteiger partial charge in [-0.1, -0.05) is 6.07 Å². The summed E-state index contributed by atoms with van der Waals surface area (Å²) < 4.78 is 32.2. The van der Waals surface area contributed by atoms with Crippen molar-refractivity contribution in [1.29, 1.82) is 0 Å². The highest BCUT2D eigenvalue weighted by Gasteiger charge is 2.26. The molecule has 2 aromatic rings. The molecule has 0 aliphatic heterocycles. The van der Waals surface area contributed by atoms with Crippen molar-refractivity contribution in [3.63, 3.8) is 0 Å². The highest BCUT2D eigenvalue weighted by molar-refractivity contribution is 7.90. The van der Waals surface area contributed by atoms with E-state index in [1.807, 2.05) is 0 Å². The standard InChI is InChI=1S/C18H23N3O6S/c1-11-5-6-13(8-14(11)17(24)27-18(2,3)4)28(25,26)21-10-20-9-12(21)7-15(19)16(22)23/h5-6,8-10,15H,7,19H2,1-4H3,(H,22,23). The van der Waals surface area contributed by atoms with Gasteiger partial charge in [-0.25, -0.2) is 22.2 Å². The zero-order valence-corrected chi connectivity index (χ0v) is 16.9. The second kappa shape index (κ2) is 7.72. The maximum absolute atomic E-state index is 13.0. The number of imidazole rings is 1. The summed E-state index contributed by atoms with van der Waals surface area (Å²) in [5.74, 6) is -1.89. The van der Waals surface area contributed by atoms with Crippen molar-refractivity contribution >= 4 is 22.0 Å². The number of carbonyl (C=O) groups excluding carboxylic acids is 1. The lowest BCUT2D eigenvalue weighted by atomic mass is 10.1. The molecule has 0 aliphatic rings. The van der Waals surface area contributed by atoms with Gasteiger partial charge >= 0.3 is 11.9 Å². The van der Waals surface area contributed by atoms with E-state index in [9.17, 15) is 18.0 Å². The van der Waals surface area contributed by atoms with Gasteiger partial charge in [0.15, 0.2) is 0 Å². The van der Waals surface area contributed by atoms with Crippen LogP contribution in [-0.4, -0.2) is 46.1 Å². The van der Waals surface area contributed by atoms with Crippen molar-refractivity contribution in [3.05, 3.63) is 47.5 Å². The summed E-state index contributed by atoms with van der Waals surface area (Å²) in [6.07, 6.45) is 2.08. The summed E-state index contributed by atoms with van der Waals surface area (Å²) in [4.78, 5) is 27.0. The van der Waals surface area contributed by atoms with Crippen molar-refractivity contribution in [2.75, 3.05) is 0 Å². The number of hydrogen-bond donors (Lipinski definition) is 2. The number of aliphatic carboxylic acids is 1. The topological polar surface area (TPSA) is 142 Å². The van der Waals surface area contributed by atoms with Crippen molar-refractivity contribution in [2.45, 2.75) is 50.7 Å². The summed E-state index contributed by atoms with van der Waals surface area (Å²) >= 11 is 0. The minimum Gasteiger partial charge on any atom is -0.480 e. The van der Waals surface area contributed by atoms with E-state index in [0.717, 1.165) is 10.3 Å². The number of nitrogens with two attached hydrogens (primary N) is 1. The quantitative estimate of drug-likeness (QED) is 0.681. The Morgan fingerprint density at radius 1 is 1.32 bits per heavy atom. The summed E-state index contributed by atoms with van der Waals surface area (Å²) in [6, 6.07) is 2.83. The second-order valence-electron chi connectivity index (χ2n) is 7.31. The Kier molecular flexibility index (Phi) is 5.95. The highest BCUT2D eigenvalue weighted by Crippen LogP contribution is 2.22. The molecule has 1 aromatic carbocycles. The molecule has 1 heterocycles. The number of carboxylic acids is 1. The Morgan fingerprint density at radius 3 is 2.54 bits per heavy atom. The van der Waals surface area contributed by atoms with E-state index < -0.39 is 33.6 Å². The fourth-order valence-electron chi connectivity index (χ4n) is 2.41. The molecule has 0 radical (unpaired) electrons. The largest absolute Gasteiger partial charge is 0.480 e. The SMILES string of the molecule is Cc1ccc(S(=O)(=O)n2cncc2CC(N)C(=O)O)cc1C(=O)OC(C)(C)C. The van der Waals surface area contributed by atoms with E-state index in [1.54, 1.807) is 27.7 Å². The number of benzene rings is 1. The molecule has 28 heavy (non-hydrogen) atoms. The third kappa shape index (κ3) is 4.76. The van der Waals surface area contributed by atoms with Gasteiger partial charge < -0.3 is 15.6 Å². The third-order valence-electron chi connectivity index (χ3n) is 3.81. The van der Waals surface area contributed by atoms with E-state index in [0.29, 0.717) is 5.56 Å². The number of hydrogen-bond acceptors (Lipinski definition) is 7. The predicted octanol–water partition coefficient (Wildman–Crippen LogP) is 1.34. The summed E-state index contributed by atoms with van der Waals surface area (Å²) in [6.45, 7) is 6.81. The predicted molar refractivity (Wildman–Crippen MR) is 100 cm³/mol. The average molecular weight is 409 g/mol. The molecule has 9 nitrogen and oxygen atoms in total. The summed E-state index contributed by atoms with van der Waals surface area (Å²) in [5.41, 5.74) is 5.58. The van der Waals surface area contributed by atoms with Crippen LogP contribution < -0.4 is 5.73 Å². The molecule has 0 spiro atoms. The van der Waals surface area contributed by atoms with E-state index >= 15 is 0 Å². The Hall–Kier alpha value is -2.72. The van der Waals surface area contributed by atoms with Crippen LogP contribution in [0, 0.1) is 6.92 Å². The van der Waals surface area contributed by atoms with Crippen LogP contribution in [-0.2, 0) is 26.0 Å². The van der Waals surface area contributed by atoms with Gasteiger partial charge in [0.1, 0.15) is 18.0 Å². The molecule has 1 atom stereocenters. The molecule has 0 saturated heterocycles. The maximum Gasteiger partial charge on any atom is 0.338 e. The van der Waals surface area contributed by atoms with Crippen LogP contribution >= 0.6 is 0 Å². The molecule has 0 aliphatic carbocycles. The smallest absolute Gasteiger partial charge is 0.338 e. The fourth-order valence-corrected chi connectivity index (χ4v) is 3.75. The molecule has 3 N–H and O–H groups in total. The van der Waals surface area contributed by atoms with Crippen molar-refractivity contribution in [3.8, 4) is 0 Å². The second-order valence-corrected chi connectivity index (χ2v) is 9.13. The third-order valence-corrected chi connectivity index (χ3v) is 5.51. The first kappa shape index (κ1) is 21.6. The van der Waals surface area contributed by atoms with Crippen LogP contribution in [0.2, 0.25) is 0 Å². The van der Waals surface area contributed by atoms with Crippen LogP contribution in [0.5, 0.6) is 0 Å². The Labute approximate surface area is 163 Å². The number of nitrogens with zero attached hydrogens (tertiary/aromatic N) is 2. The Bertz CT molecular complexity index is 1000. The average Bonchev–Trinajstić information content (AvgIpc) is 3.02. The molecule has 0 bridgehead atoms. The molecule has 10 heteroatoms. The van der Waals surface area contributed by atoms with Crippen LogP contribution in [0.4, 0.5) is 0 Å². The molecule has 0 saturated carbocycles. The van der Waals surface area contributed by atoms with Gasteiger partial charge in [0.05, 0.1) is 16.2 Å². The lowest BCUT2D eigenvalue weighted by Crippen LogP contribution is -2.33. The lowest BCUT2D eigenvalue weighted by molar-refractivity contribution is -0.138. The highest BCUT2D eigenvalue weighted by atomic mass is 32.2. The van der Waals surface area contributed by atoms with Gasteiger partial charge in [0, 0.05) is 12.6 Å².